The third-order valence-corrected chi connectivity index (χ3v) is 0.730. The maximum absolute atomic E-state index is 9.83. The van der Waals surface area contributed by atoms with Gasteiger partial charge in [0.2, 0.25) is 0 Å². The van der Waals surface area contributed by atoms with Gasteiger partial charge in [-0.1, -0.05) is 6.92 Å². The highest BCUT2D eigenvalue weighted by atomic mass is 16.1. The first-order chi connectivity index (χ1) is 3.31. The van der Waals surface area contributed by atoms with E-state index in [1.54, 1.807) is 0 Å². The molecule has 0 spiro atoms. The van der Waals surface area contributed by atoms with E-state index in [0.717, 1.165) is 12.8 Å². The number of hydrogen-bond acceptors (Lipinski definition) is 2. The van der Waals surface area contributed by atoms with E-state index in [1.807, 2.05) is 13.8 Å². The molecule has 0 unspecified atom stereocenters. The molecule has 2 heteroatoms. The lowest BCUT2D eigenvalue weighted by Crippen LogP contribution is -2.26. The van der Waals surface area contributed by atoms with Crippen LogP contribution in [-0.2, 0) is 4.79 Å². The molecular weight excluding hydrogens is 90.1 g/mol. The molecule has 0 rings (SSSR count). The van der Waals surface area contributed by atoms with Crippen molar-refractivity contribution in [2.45, 2.75) is 19.9 Å². The Labute approximate surface area is 43.9 Å². The average molecular weight is 101 g/mol. The molecule has 7 heavy (non-hydrogen) atoms. The molecule has 0 aromatic carbocycles. The van der Waals surface area contributed by atoms with Crippen LogP contribution < -0.4 is 5.32 Å². The number of likely N-dealkylation sites (N-methyl/N-ethyl adjacent to an activating group) is 1. The van der Waals surface area contributed by atoms with E-state index >= 15 is 0 Å². The molecule has 0 fully saturated rings. The Kier molecular flexibility index (Phi) is 3.61. The highest BCUT2D eigenvalue weighted by Crippen LogP contribution is 1.68. The Morgan fingerprint density at radius 3 is 2.57 bits per heavy atom. The van der Waals surface area contributed by atoms with Crippen LogP contribution >= 0.6 is 0 Å². The SMILES string of the molecule is CCN[C@@H](C)C=O. The molecule has 0 saturated carbocycles. The van der Waals surface area contributed by atoms with Crippen molar-refractivity contribution in [2.75, 3.05) is 6.54 Å². The van der Waals surface area contributed by atoms with Gasteiger partial charge in [0.05, 0.1) is 6.04 Å². The van der Waals surface area contributed by atoms with Gasteiger partial charge in [-0.15, -0.1) is 0 Å². The maximum Gasteiger partial charge on any atom is 0.136 e. The van der Waals surface area contributed by atoms with E-state index in [1.165, 1.54) is 0 Å². The first-order valence-corrected chi connectivity index (χ1v) is 2.50. The molecule has 0 heterocycles. The monoisotopic (exact) mass is 101 g/mol. The number of carbonyl (C=O) groups excluding carboxylic acids is 1. The molecule has 0 bridgehead atoms. The molecule has 2 nitrogen and oxygen atoms in total. The van der Waals surface area contributed by atoms with Gasteiger partial charge >= 0.3 is 0 Å². The number of aldehydes is 1. The number of rotatable bonds is 3. The predicted octanol–water partition coefficient (Wildman–Crippen LogP) is 0.183. The molecule has 1 N–H and O–H groups in total. The van der Waals surface area contributed by atoms with Crippen LogP contribution in [0.25, 0.3) is 0 Å². The summed E-state index contributed by atoms with van der Waals surface area (Å²) in [6, 6.07) is 0.0185. The lowest BCUT2D eigenvalue weighted by Gasteiger charge is -1.99. The lowest BCUT2D eigenvalue weighted by atomic mass is 10.4. The average Bonchev–Trinajstić information content (AvgIpc) is 1.68. The number of carbonyl (C=O) groups is 1. The summed E-state index contributed by atoms with van der Waals surface area (Å²) in [5, 5.41) is 2.93. The van der Waals surface area contributed by atoms with Gasteiger partial charge in [-0.25, -0.2) is 0 Å². The van der Waals surface area contributed by atoms with Crippen LogP contribution in [-0.4, -0.2) is 18.9 Å². The van der Waals surface area contributed by atoms with Crippen LogP contribution in [0.3, 0.4) is 0 Å². The number of hydrogen-bond donors (Lipinski definition) is 1. The standard InChI is InChI=1S/C5H11NO/c1-3-6-5(2)4-7/h4-6H,3H2,1-2H3/t5-/m0/s1. The van der Waals surface area contributed by atoms with Crippen molar-refractivity contribution in [3.8, 4) is 0 Å². The lowest BCUT2D eigenvalue weighted by molar-refractivity contribution is -0.109. The van der Waals surface area contributed by atoms with E-state index in [4.69, 9.17) is 0 Å². The van der Waals surface area contributed by atoms with Crippen molar-refractivity contribution in [2.24, 2.45) is 0 Å². The summed E-state index contributed by atoms with van der Waals surface area (Å²) in [5.41, 5.74) is 0. The van der Waals surface area contributed by atoms with Crippen molar-refractivity contribution in [1.29, 1.82) is 0 Å². The Hall–Kier alpha value is -0.370. The largest absolute Gasteiger partial charge is 0.308 e. The van der Waals surface area contributed by atoms with Gasteiger partial charge in [-0.2, -0.15) is 0 Å². The van der Waals surface area contributed by atoms with Crippen LogP contribution in [0, 0.1) is 0 Å². The first kappa shape index (κ1) is 6.63. The fourth-order valence-electron chi connectivity index (χ4n) is 0.370. The summed E-state index contributed by atoms with van der Waals surface area (Å²) in [7, 11) is 0. The molecule has 1 atom stereocenters. The molecule has 42 valence electrons. The maximum atomic E-state index is 9.83. The molecule has 0 aliphatic heterocycles. The zero-order chi connectivity index (χ0) is 5.70. The van der Waals surface area contributed by atoms with Gasteiger partial charge in [0.1, 0.15) is 6.29 Å². The van der Waals surface area contributed by atoms with Gasteiger partial charge in [0.15, 0.2) is 0 Å². The highest BCUT2D eigenvalue weighted by Gasteiger charge is 1.90. The highest BCUT2D eigenvalue weighted by molar-refractivity contribution is 5.56. The minimum atomic E-state index is 0.0185. The van der Waals surface area contributed by atoms with E-state index in [-0.39, 0.29) is 6.04 Å². The fraction of sp³-hybridized carbons (Fsp3) is 0.800. The van der Waals surface area contributed by atoms with E-state index in [2.05, 4.69) is 5.32 Å². The summed E-state index contributed by atoms with van der Waals surface area (Å²) in [5.74, 6) is 0. The molecule has 0 aliphatic rings. The Balaban J connectivity index is 2.98. The topological polar surface area (TPSA) is 29.1 Å². The minimum absolute atomic E-state index is 0.0185. The molecular formula is C5H11NO. The second-order valence-corrected chi connectivity index (χ2v) is 1.48. The van der Waals surface area contributed by atoms with E-state index < -0.39 is 0 Å². The Morgan fingerprint density at radius 1 is 1.86 bits per heavy atom. The second-order valence-electron chi connectivity index (χ2n) is 1.48. The smallest absolute Gasteiger partial charge is 0.136 e. The summed E-state index contributed by atoms with van der Waals surface area (Å²) in [6.45, 7) is 4.66. The van der Waals surface area contributed by atoms with Gasteiger partial charge in [0, 0.05) is 0 Å². The van der Waals surface area contributed by atoms with Crippen LogP contribution in [0.1, 0.15) is 13.8 Å². The molecule has 0 saturated heterocycles. The minimum Gasteiger partial charge on any atom is -0.308 e. The van der Waals surface area contributed by atoms with Crippen LogP contribution in [0.5, 0.6) is 0 Å². The van der Waals surface area contributed by atoms with Crippen molar-refractivity contribution in [3.05, 3.63) is 0 Å². The summed E-state index contributed by atoms with van der Waals surface area (Å²) in [4.78, 5) is 9.83. The van der Waals surface area contributed by atoms with Crippen molar-refractivity contribution < 1.29 is 4.79 Å². The normalized spacial score (nSPS) is 13.4. The van der Waals surface area contributed by atoms with Gasteiger partial charge in [-0.3, -0.25) is 0 Å². The second kappa shape index (κ2) is 3.81. The summed E-state index contributed by atoms with van der Waals surface area (Å²) < 4.78 is 0. The Morgan fingerprint density at radius 2 is 2.43 bits per heavy atom. The van der Waals surface area contributed by atoms with Gasteiger partial charge in [-0.05, 0) is 13.5 Å². The van der Waals surface area contributed by atoms with Crippen molar-refractivity contribution in [3.63, 3.8) is 0 Å². The fourth-order valence-corrected chi connectivity index (χ4v) is 0.370. The molecule has 0 amide bonds. The van der Waals surface area contributed by atoms with Crippen LogP contribution in [0.15, 0.2) is 0 Å². The molecule has 0 aromatic heterocycles. The molecule has 0 radical (unpaired) electrons. The zero-order valence-corrected chi connectivity index (χ0v) is 4.77. The molecule has 0 aliphatic carbocycles. The first-order valence-electron chi connectivity index (χ1n) is 2.50. The quantitative estimate of drug-likeness (QED) is 0.514. The van der Waals surface area contributed by atoms with Crippen LogP contribution in [0.4, 0.5) is 0 Å². The summed E-state index contributed by atoms with van der Waals surface area (Å²) in [6.07, 6.45) is 0.892. The Bertz CT molecular complexity index is 54.0. The van der Waals surface area contributed by atoms with Gasteiger partial charge in [0.25, 0.3) is 0 Å². The van der Waals surface area contributed by atoms with Crippen LogP contribution in [0.2, 0.25) is 0 Å². The predicted molar refractivity (Wildman–Crippen MR) is 29.2 cm³/mol. The van der Waals surface area contributed by atoms with Crippen molar-refractivity contribution in [1.82, 2.24) is 5.32 Å². The van der Waals surface area contributed by atoms with Gasteiger partial charge < -0.3 is 10.1 Å². The number of nitrogens with one attached hydrogen (secondary N) is 1. The zero-order valence-electron chi connectivity index (χ0n) is 4.77. The van der Waals surface area contributed by atoms with Crippen molar-refractivity contribution >= 4 is 6.29 Å². The third kappa shape index (κ3) is 3.46. The van der Waals surface area contributed by atoms with E-state index in [9.17, 15) is 4.79 Å². The molecule has 0 aromatic rings. The van der Waals surface area contributed by atoms with E-state index in [0.29, 0.717) is 0 Å². The third-order valence-electron chi connectivity index (χ3n) is 0.730. The summed E-state index contributed by atoms with van der Waals surface area (Å²) >= 11 is 0.